The van der Waals surface area contributed by atoms with E-state index in [0.717, 1.165) is 0 Å². The molecule has 0 amide bonds. The van der Waals surface area contributed by atoms with E-state index in [1.165, 1.54) is 62.6 Å². The third kappa shape index (κ3) is 3.82. The molecule has 1 atom stereocenters. The van der Waals surface area contributed by atoms with Gasteiger partial charge in [0.15, 0.2) is 0 Å². The van der Waals surface area contributed by atoms with E-state index in [4.69, 9.17) is 0 Å². The molecule has 1 aliphatic rings. The first kappa shape index (κ1) is 14.6. The zero-order valence-corrected chi connectivity index (χ0v) is 12.9. The largest absolute Gasteiger partial charge is 0.311 e. The average molecular weight is 259 g/mol. The van der Waals surface area contributed by atoms with Crippen LogP contribution in [0.15, 0.2) is 18.2 Å². The predicted octanol–water partition coefficient (Wildman–Crippen LogP) is 4.55. The fourth-order valence-corrected chi connectivity index (χ4v) is 3.49. The van der Waals surface area contributed by atoms with Crippen molar-refractivity contribution < 1.29 is 0 Å². The second-order valence-electron chi connectivity index (χ2n) is 6.37. The second-order valence-corrected chi connectivity index (χ2v) is 6.37. The van der Waals surface area contributed by atoms with Gasteiger partial charge in [-0.1, -0.05) is 49.9 Å². The van der Waals surface area contributed by atoms with Crippen molar-refractivity contribution in [2.45, 2.75) is 71.3 Å². The van der Waals surface area contributed by atoms with Crippen LogP contribution < -0.4 is 5.32 Å². The van der Waals surface area contributed by atoms with Crippen molar-refractivity contribution in [1.82, 2.24) is 5.32 Å². The molecule has 0 radical (unpaired) electrons. The van der Waals surface area contributed by atoms with E-state index in [9.17, 15) is 0 Å². The Morgan fingerprint density at radius 2 is 2.00 bits per heavy atom. The maximum atomic E-state index is 3.89. The van der Waals surface area contributed by atoms with Gasteiger partial charge in [-0.3, -0.25) is 0 Å². The van der Waals surface area contributed by atoms with Crippen LogP contribution in [0.25, 0.3) is 0 Å². The Balaban J connectivity index is 2.21. The minimum atomic E-state index is 0.351. The fourth-order valence-electron chi connectivity index (χ4n) is 3.49. The highest BCUT2D eigenvalue weighted by Crippen LogP contribution is 2.29. The second kappa shape index (κ2) is 6.56. The van der Waals surface area contributed by atoms with E-state index < -0.39 is 0 Å². The number of nitrogens with one attached hydrogen (secondary N) is 1. The van der Waals surface area contributed by atoms with E-state index in [1.807, 2.05) is 0 Å². The van der Waals surface area contributed by atoms with Crippen LogP contribution in [0.5, 0.6) is 0 Å². The van der Waals surface area contributed by atoms with Gasteiger partial charge >= 0.3 is 0 Å². The van der Waals surface area contributed by atoms with Crippen molar-refractivity contribution in [3.63, 3.8) is 0 Å². The summed E-state index contributed by atoms with van der Waals surface area (Å²) in [4.78, 5) is 0. The van der Waals surface area contributed by atoms with Crippen molar-refractivity contribution in [3.05, 3.63) is 34.9 Å². The molecular formula is C18H29N. The summed E-state index contributed by atoms with van der Waals surface area (Å²) in [7, 11) is 0. The maximum absolute atomic E-state index is 3.89. The molecule has 1 aliphatic heterocycles. The van der Waals surface area contributed by atoms with Gasteiger partial charge < -0.3 is 5.32 Å². The topological polar surface area (TPSA) is 12.0 Å². The van der Waals surface area contributed by atoms with Crippen LogP contribution in [0.2, 0.25) is 0 Å². The number of hydrogen-bond donors (Lipinski definition) is 1. The molecule has 1 nitrogen and oxygen atoms in total. The lowest BCUT2D eigenvalue weighted by Crippen LogP contribution is -2.46. The molecule has 1 heteroatoms. The first-order valence-corrected chi connectivity index (χ1v) is 7.96. The van der Waals surface area contributed by atoms with Crippen LogP contribution in [-0.2, 0) is 6.42 Å². The van der Waals surface area contributed by atoms with Crippen molar-refractivity contribution in [2.24, 2.45) is 0 Å². The van der Waals surface area contributed by atoms with E-state index in [0.29, 0.717) is 5.54 Å². The number of aryl methyl sites for hydroxylation is 2. The molecule has 1 heterocycles. The molecule has 1 N–H and O–H groups in total. The van der Waals surface area contributed by atoms with Gasteiger partial charge in [-0.2, -0.15) is 0 Å². The molecule has 1 unspecified atom stereocenters. The SMILES string of the molecule is CCCC1(Cc2cc(C)ccc2C)CCCCCN1. The molecule has 0 bridgehead atoms. The van der Waals surface area contributed by atoms with E-state index >= 15 is 0 Å². The third-order valence-corrected chi connectivity index (χ3v) is 4.59. The zero-order chi connectivity index (χ0) is 13.7. The Labute approximate surface area is 118 Å². The summed E-state index contributed by atoms with van der Waals surface area (Å²) >= 11 is 0. The zero-order valence-electron chi connectivity index (χ0n) is 12.9. The Morgan fingerprint density at radius 1 is 1.16 bits per heavy atom. The van der Waals surface area contributed by atoms with Crippen molar-refractivity contribution >= 4 is 0 Å². The van der Waals surface area contributed by atoms with Crippen LogP contribution in [0.3, 0.4) is 0 Å². The Bertz CT molecular complexity index is 400. The highest BCUT2D eigenvalue weighted by atomic mass is 15.0. The Morgan fingerprint density at radius 3 is 2.79 bits per heavy atom. The van der Waals surface area contributed by atoms with Gasteiger partial charge in [-0.15, -0.1) is 0 Å². The molecule has 1 aromatic carbocycles. The lowest BCUT2D eigenvalue weighted by atomic mass is 9.81. The smallest absolute Gasteiger partial charge is 0.0221 e. The Kier molecular flexibility index (Phi) is 5.04. The molecule has 106 valence electrons. The highest BCUT2D eigenvalue weighted by molar-refractivity contribution is 5.32. The quantitative estimate of drug-likeness (QED) is 0.836. The average Bonchev–Trinajstić information content (AvgIpc) is 2.60. The van der Waals surface area contributed by atoms with E-state index in [2.05, 4.69) is 44.3 Å². The molecular weight excluding hydrogens is 230 g/mol. The lowest BCUT2D eigenvalue weighted by Gasteiger charge is -2.34. The maximum Gasteiger partial charge on any atom is 0.0221 e. The molecule has 1 fully saturated rings. The summed E-state index contributed by atoms with van der Waals surface area (Å²) < 4.78 is 0. The van der Waals surface area contributed by atoms with Gasteiger partial charge in [0.2, 0.25) is 0 Å². The van der Waals surface area contributed by atoms with Crippen LogP contribution in [0.1, 0.15) is 62.1 Å². The molecule has 2 rings (SSSR count). The third-order valence-electron chi connectivity index (χ3n) is 4.59. The summed E-state index contributed by atoms with van der Waals surface area (Å²) in [6.45, 7) is 7.98. The number of benzene rings is 1. The normalized spacial score (nSPS) is 24.2. The van der Waals surface area contributed by atoms with Crippen molar-refractivity contribution in [3.8, 4) is 0 Å². The lowest BCUT2D eigenvalue weighted by molar-refractivity contribution is 0.288. The van der Waals surface area contributed by atoms with Crippen LogP contribution >= 0.6 is 0 Å². The van der Waals surface area contributed by atoms with Gasteiger partial charge in [0.25, 0.3) is 0 Å². The molecule has 19 heavy (non-hydrogen) atoms. The Hall–Kier alpha value is -0.820. The summed E-state index contributed by atoms with van der Waals surface area (Å²) in [5, 5.41) is 3.89. The number of rotatable bonds is 4. The molecule has 0 aliphatic carbocycles. The standard InChI is InChI=1S/C18H29N/c1-4-10-18(11-6-5-7-12-19-18)14-17-13-15(2)8-9-16(17)3/h8-9,13,19H,4-7,10-12,14H2,1-3H3. The van der Waals surface area contributed by atoms with E-state index in [-0.39, 0.29) is 0 Å². The van der Waals surface area contributed by atoms with Gasteiger partial charge in [0.1, 0.15) is 0 Å². The van der Waals surface area contributed by atoms with E-state index in [1.54, 1.807) is 5.56 Å². The molecule has 1 aromatic rings. The minimum Gasteiger partial charge on any atom is -0.311 e. The van der Waals surface area contributed by atoms with Crippen molar-refractivity contribution in [1.29, 1.82) is 0 Å². The van der Waals surface area contributed by atoms with Gasteiger partial charge in [-0.25, -0.2) is 0 Å². The first-order chi connectivity index (χ1) is 9.15. The highest BCUT2D eigenvalue weighted by Gasteiger charge is 2.30. The van der Waals surface area contributed by atoms with Gasteiger partial charge in [0.05, 0.1) is 0 Å². The molecule has 1 saturated heterocycles. The number of hydrogen-bond acceptors (Lipinski definition) is 1. The summed E-state index contributed by atoms with van der Waals surface area (Å²) in [5.74, 6) is 0. The van der Waals surface area contributed by atoms with Crippen LogP contribution in [0, 0.1) is 13.8 Å². The van der Waals surface area contributed by atoms with Crippen molar-refractivity contribution in [2.75, 3.05) is 6.54 Å². The molecule has 0 spiro atoms. The summed E-state index contributed by atoms with van der Waals surface area (Å²) in [5.41, 5.74) is 4.74. The summed E-state index contributed by atoms with van der Waals surface area (Å²) in [6.07, 6.45) is 9.25. The monoisotopic (exact) mass is 259 g/mol. The predicted molar refractivity (Wildman–Crippen MR) is 83.7 cm³/mol. The fraction of sp³-hybridized carbons (Fsp3) is 0.667. The summed E-state index contributed by atoms with van der Waals surface area (Å²) in [6, 6.07) is 6.90. The first-order valence-electron chi connectivity index (χ1n) is 7.96. The minimum absolute atomic E-state index is 0.351. The molecule has 0 saturated carbocycles. The van der Waals surface area contributed by atoms with Gasteiger partial charge in [0, 0.05) is 5.54 Å². The van der Waals surface area contributed by atoms with Crippen LogP contribution in [-0.4, -0.2) is 12.1 Å². The van der Waals surface area contributed by atoms with Crippen LogP contribution in [0.4, 0.5) is 0 Å². The van der Waals surface area contributed by atoms with Gasteiger partial charge in [-0.05, 0) is 57.2 Å². The molecule has 0 aromatic heterocycles.